The van der Waals surface area contributed by atoms with Gasteiger partial charge in [0.15, 0.2) is 0 Å². The van der Waals surface area contributed by atoms with Crippen LogP contribution >= 0.6 is 15.9 Å². The first-order valence-corrected chi connectivity index (χ1v) is 7.35. The quantitative estimate of drug-likeness (QED) is 0.648. The lowest BCUT2D eigenvalue weighted by atomic mass is 10.3. The lowest BCUT2D eigenvalue weighted by molar-refractivity contribution is 0.139. The van der Waals surface area contributed by atoms with Crippen molar-refractivity contribution in [2.24, 2.45) is 0 Å². The van der Waals surface area contributed by atoms with Gasteiger partial charge in [-0.15, -0.1) is 0 Å². The Morgan fingerprint density at radius 3 is 2.72 bits per heavy atom. The van der Waals surface area contributed by atoms with Gasteiger partial charge in [-0.05, 0) is 18.2 Å². The minimum Gasteiger partial charge on any atom is -0.398 e. The molecule has 0 saturated carbocycles. The van der Waals surface area contributed by atoms with Crippen LogP contribution in [0, 0.1) is 0 Å². The lowest BCUT2D eigenvalue weighted by Gasteiger charge is -2.16. The van der Waals surface area contributed by atoms with E-state index in [0.29, 0.717) is 4.47 Å². The largest absolute Gasteiger partial charge is 0.398 e. The van der Waals surface area contributed by atoms with Crippen molar-refractivity contribution in [3.8, 4) is 0 Å². The number of halogens is 1. The van der Waals surface area contributed by atoms with E-state index in [1.807, 2.05) is 0 Å². The molecule has 18 heavy (non-hydrogen) atoms. The smallest absolute Gasteiger partial charge is 0.243 e. The van der Waals surface area contributed by atoms with Crippen LogP contribution in [0.2, 0.25) is 0 Å². The topological polar surface area (TPSA) is 102 Å². The summed E-state index contributed by atoms with van der Waals surface area (Å²) in [5, 5.41) is 9.04. The summed E-state index contributed by atoms with van der Waals surface area (Å²) in [6.45, 7) is -0.282. The van der Waals surface area contributed by atoms with Crippen molar-refractivity contribution in [3.05, 3.63) is 22.7 Å². The van der Waals surface area contributed by atoms with Crippen molar-refractivity contribution in [1.29, 1.82) is 0 Å². The summed E-state index contributed by atoms with van der Waals surface area (Å²) in [6, 6.07) is 3.76. The molecule has 1 aromatic carbocycles. The van der Waals surface area contributed by atoms with Gasteiger partial charge in [0.05, 0.1) is 24.9 Å². The van der Waals surface area contributed by atoms with Gasteiger partial charge in [0.2, 0.25) is 10.0 Å². The molecule has 0 radical (unpaired) electrons. The van der Waals surface area contributed by atoms with Crippen LogP contribution < -0.4 is 10.5 Å². The molecule has 4 N–H and O–H groups in total. The number of benzene rings is 1. The Morgan fingerprint density at radius 2 is 2.22 bits per heavy atom. The first-order chi connectivity index (χ1) is 8.40. The van der Waals surface area contributed by atoms with Crippen LogP contribution in [0.4, 0.5) is 5.69 Å². The van der Waals surface area contributed by atoms with Crippen molar-refractivity contribution < 1.29 is 18.3 Å². The Kier molecular flexibility index (Phi) is 5.54. The third kappa shape index (κ3) is 3.92. The van der Waals surface area contributed by atoms with E-state index in [1.54, 1.807) is 6.07 Å². The standard InChI is InChI=1S/C10H15BrN2O4S/c1-17-6-8(5-14)13-18(15,16)10-3-2-7(11)4-9(10)12/h2-4,8,13-14H,5-6,12H2,1H3. The zero-order chi connectivity index (χ0) is 13.8. The predicted molar refractivity (Wildman–Crippen MR) is 71.6 cm³/mol. The molecule has 0 amide bonds. The fourth-order valence-corrected chi connectivity index (χ4v) is 3.08. The Bertz CT molecular complexity index is 507. The highest BCUT2D eigenvalue weighted by atomic mass is 79.9. The minimum absolute atomic E-state index is 0.0275. The van der Waals surface area contributed by atoms with Gasteiger partial charge in [-0.25, -0.2) is 13.1 Å². The number of hydrogen-bond donors (Lipinski definition) is 3. The van der Waals surface area contributed by atoms with Gasteiger partial charge < -0.3 is 15.6 Å². The lowest BCUT2D eigenvalue weighted by Crippen LogP contribution is -2.40. The highest BCUT2D eigenvalue weighted by Crippen LogP contribution is 2.22. The maximum absolute atomic E-state index is 12.0. The molecule has 0 aliphatic carbocycles. The van der Waals surface area contributed by atoms with Gasteiger partial charge in [-0.2, -0.15) is 0 Å². The van der Waals surface area contributed by atoms with Crippen LogP contribution in [0.3, 0.4) is 0 Å². The van der Waals surface area contributed by atoms with Crippen LogP contribution in [0.15, 0.2) is 27.6 Å². The van der Waals surface area contributed by atoms with Crippen LogP contribution in [0.1, 0.15) is 0 Å². The minimum atomic E-state index is -3.78. The van der Waals surface area contributed by atoms with Crippen molar-refractivity contribution >= 4 is 31.6 Å². The molecule has 6 nitrogen and oxygen atoms in total. The van der Waals surface area contributed by atoms with Gasteiger partial charge in [0.1, 0.15) is 4.90 Å². The number of hydrogen-bond acceptors (Lipinski definition) is 5. The summed E-state index contributed by atoms with van der Waals surface area (Å²) < 4.78 is 31.9. The molecule has 0 aromatic heterocycles. The van der Waals surface area contributed by atoms with E-state index in [2.05, 4.69) is 20.7 Å². The van der Waals surface area contributed by atoms with E-state index >= 15 is 0 Å². The van der Waals surface area contributed by atoms with E-state index in [4.69, 9.17) is 15.6 Å². The number of aliphatic hydroxyl groups is 1. The molecule has 0 spiro atoms. The van der Waals surface area contributed by atoms with Crippen molar-refractivity contribution in [2.75, 3.05) is 26.1 Å². The number of nitrogens with one attached hydrogen (secondary N) is 1. The maximum atomic E-state index is 12.0. The fraction of sp³-hybridized carbons (Fsp3) is 0.400. The van der Waals surface area contributed by atoms with Gasteiger partial charge in [-0.3, -0.25) is 0 Å². The molecular weight excluding hydrogens is 324 g/mol. The van der Waals surface area contributed by atoms with E-state index in [9.17, 15) is 8.42 Å². The van der Waals surface area contributed by atoms with Crippen LogP contribution in [-0.2, 0) is 14.8 Å². The van der Waals surface area contributed by atoms with Crippen LogP contribution in [0.5, 0.6) is 0 Å². The first kappa shape index (κ1) is 15.4. The SMILES string of the molecule is COCC(CO)NS(=O)(=O)c1ccc(Br)cc1N. The van der Waals surface area contributed by atoms with Crippen molar-refractivity contribution in [2.45, 2.75) is 10.9 Å². The highest BCUT2D eigenvalue weighted by Gasteiger charge is 2.21. The molecule has 0 fully saturated rings. The van der Waals surface area contributed by atoms with E-state index in [-0.39, 0.29) is 23.8 Å². The summed E-state index contributed by atoms with van der Waals surface area (Å²) in [4.78, 5) is -0.0275. The summed E-state index contributed by atoms with van der Waals surface area (Å²) in [7, 11) is -2.36. The van der Waals surface area contributed by atoms with Crippen LogP contribution in [-0.4, -0.2) is 39.9 Å². The number of aliphatic hydroxyl groups excluding tert-OH is 1. The summed E-state index contributed by atoms with van der Waals surface area (Å²) in [5.41, 5.74) is 5.79. The normalized spacial score (nSPS) is 13.5. The number of rotatable bonds is 6. The molecule has 0 heterocycles. The van der Waals surface area contributed by atoms with Gasteiger partial charge in [0.25, 0.3) is 0 Å². The number of nitrogen functional groups attached to an aromatic ring is 1. The molecule has 0 aliphatic heterocycles. The second-order valence-electron chi connectivity index (χ2n) is 3.64. The summed E-state index contributed by atoms with van der Waals surface area (Å²) in [5.74, 6) is 0. The average Bonchev–Trinajstić information content (AvgIpc) is 2.27. The molecule has 1 atom stereocenters. The Labute approximate surface area is 114 Å². The van der Waals surface area contributed by atoms with E-state index < -0.39 is 16.1 Å². The first-order valence-electron chi connectivity index (χ1n) is 5.08. The molecule has 0 saturated heterocycles. The third-order valence-electron chi connectivity index (χ3n) is 2.17. The number of sulfonamides is 1. The number of nitrogens with two attached hydrogens (primary N) is 1. The third-order valence-corrected chi connectivity index (χ3v) is 4.26. The summed E-state index contributed by atoms with van der Waals surface area (Å²) >= 11 is 3.20. The molecule has 0 aliphatic rings. The Morgan fingerprint density at radius 1 is 1.56 bits per heavy atom. The Balaban J connectivity index is 2.99. The molecule has 1 aromatic rings. The predicted octanol–water partition coefficient (Wildman–Crippen LogP) is 0.317. The molecule has 1 unspecified atom stereocenters. The zero-order valence-corrected chi connectivity index (χ0v) is 12.2. The maximum Gasteiger partial charge on any atom is 0.243 e. The number of anilines is 1. The number of ether oxygens (including phenoxy) is 1. The highest BCUT2D eigenvalue weighted by molar-refractivity contribution is 9.10. The Hall–Kier alpha value is -0.670. The van der Waals surface area contributed by atoms with Gasteiger partial charge in [-0.1, -0.05) is 15.9 Å². The summed E-state index contributed by atoms with van der Waals surface area (Å²) in [6.07, 6.45) is 0. The molecule has 1 rings (SSSR count). The van der Waals surface area contributed by atoms with Gasteiger partial charge >= 0.3 is 0 Å². The number of methoxy groups -OCH3 is 1. The molecule has 0 bridgehead atoms. The fourth-order valence-electron chi connectivity index (χ4n) is 1.37. The monoisotopic (exact) mass is 338 g/mol. The molecular formula is C10H15BrN2O4S. The second kappa shape index (κ2) is 6.48. The van der Waals surface area contributed by atoms with Crippen molar-refractivity contribution in [3.63, 3.8) is 0 Å². The molecule has 102 valence electrons. The molecule has 8 heteroatoms. The van der Waals surface area contributed by atoms with Gasteiger partial charge in [0, 0.05) is 11.6 Å². The van der Waals surface area contributed by atoms with E-state index in [1.165, 1.54) is 19.2 Å². The van der Waals surface area contributed by atoms with E-state index in [0.717, 1.165) is 0 Å². The zero-order valence-electron chi connectivity index (χ0n) is 9.76. The second-order valence-corrected chi connectivity index (χ2v) is 6.24. The average molecular weight is 339 g/mol. The van der Waals surface area contributed by atoms with Crippen LogP contribution in [0.25, 0.3) is 0 Å². The van der Waals surface area contributed by atoms with Crippen molar-refractivity contribution in [1.82, 2.24) is 4.72 Å².